The van der Waals surface area contributed by atoms with E-state index in [1.807, 2.05) is 0 Å². The molecule has 1 fully saturated rings. The van der Waals surface area contributed by atoms with E-state index >= 15 is 0 Å². The molecular weight excluding hydrogens is 275 g/mol. The molecule has 66 valence electrons. The minimum Gasteiger partial charge on any atom is -0.299 e. The minimum absolute atomic E-state index is 0.244. The fourth-order valence-electron chi connectivity index (χ4n) is 2.68. The summed E-state index contributed by atoms with van der Waals surface area (Å²) in [6, 6.07) is 6.40. The van der Waals surface area contributed by atoms with Crippen molar-refractivity contribution in [3.63, 3.8) is 0 Å². The molecule has 3 rings (SSSR count). The Balaban J connectivity index is 2.27. The number of rotatable bonds is 0. The van der Waals surface area contributed by atoms with Crippen molar-refractivity contribution >= 4 is 28.4 Å². The number of halogens is 1. The summed E-state index contributed by atoms with van der Waals surface area (Å²) in [6.07, 6.45) is 1.87. The Labute approximate surface area is 90.7 Å². The SMILES string of the molecule is O=C1C[C@H]2C[C@@H]1c1c(I)cccc12. The van der Waals surface area contributed by atoms with Gasteiger partial charge in [-0.2, -0.15) is 0 Å². The molecule has 0 unspecified atom stereocenters. The summed E-state index contributed by atoms with van der Waals surface area (Å²) in [5.41, 5.74) is 2.78. The lowest BCUT2D eigenvalue weighted by molar-refractivity contribution is -0.118. The highest BCUT2D eigenvalue weighted by molar-refractivity contribution is 14.1. The molecule has 1 aromatic carbocycles. The molecule has 1 saturated carbocycles. The van der Waals surface area contributed by atoms with E-state index in [2.05, 4.69) is 40.8 Å². The van der Waals surface area contributed by atoms with Gasteiger partial charge in [0, 0.05) is 15.9 Å². The standard InChI is InChI=1S/C11H9IO/c12-9-3-1-2-7-6-4-8(11(7)9)10(13)5-6/h1-3,6,8H,4-5H2/t6-,8+/m1/s1. The maximum Gasteiger partial charge on any atom is 0.141 e. The molecule has 1 aromatic rings. The molecule has 0 spiro atoms. The number of hydrogen-bond acceptors (Lipinski definition) is 1. The molecule has 2 heteroatoms. The molecule has 0 aromatic heterocycles. The van der Waals surface area contributed by atoms with Crippen LogP contribution in [-0.4, -0.2) is 5.78 Å². The van der Waals surface area contributed by atoms with Crippen molar-refractivity contribution in [2.24, 2.45) is 0 Å². The van der Waals surface area contributed by atoms with Crippen LogP contribution >= 0.6 is 22.6 Å². The number of Topliss-reactive ketones (excluding diaryl/α,β-unsaturated/α-hetero) is 1. The maximum absolute atomic E-state index is 11.5. The number of carbonyl (C=O) groups excluding carboxylic acids is 1. The van der Waals surface area contributed by atoms with E-state index in [1.54, 1.807) is 0 Å². The lowest BCUT2D eigenvalue weighted by atomic mass is 9.91. The first-order valence-corrected chi connectivity index (χ1v) is 5.66. The predicted molar refractivity (Wildman–Crippen MR) is 58.9 cm³/mol. The van der Waals surface area contributed by atoms with Crippen molar-refractivity contribution in [2.45, 2.75) is 24.7 Å². The third-order valence-corrected chi connectivity index (χ3v) is 4.17. The van der Waals surface area contributed by atoms with E-state index in [0.29, 0.717) is 11.7 Å². The Morgan fingerprint density at radius 2 is 2.23 bits per heavy atom. The maximum atomic E-state index is 11.5. The van der Waals surface area contributed by atoms with Crippen LogP contribution < -0.4 is 0 Å². The molecule has 1 nitrogen and oxygen atoms in total. The fraction of sp³-hybridized carbons (Fsp3) is 0.364. The third kappa shape index (κ3) is 0.951. The Kier molecular flexibility index (Phi) is 1.57. The van der Waals surface area contributed by atoms with E-state index in [4.69, 9.17) is 0 Å². The highest BCUT2D eigenvalue weighted by atomic mass is 127. The van der Waals surface area contributed by atoms with Crippen molar-refractivity contribution in [3.05, 3.63) is 32.9 Å². The van der Waals surface area contributed by atoms with Crippen molar-refractivity contribution in [2.75, 3.05) is 0 Å². The Morgan fingerprint density at radius 3 is 3.08 bits per heavy atom. The van der Waals surface area contributed by atoms with Gasteiger partial charge in [0.05, 0.1) is 0 Å². The summed E-state index contributed by atoms with van der Waals surface area (Å²) >= 11 is 2.34. The molecule has 0 aliphatic heterocycles. The first-order valence-electron chi connectivity index (χ1n) is 4.58. The largest absolute Gasteiger partial charge is 0.299 e. The van der Waals surface area contributed by atoms with Gasteiger partial charge in [-0.15, -0.1) is 0 Å². The van der Waals surface area contributed by atoms with Crippen molar-refractivity contribution < 1.29 is 4.79 Å². The van der Waals surface area contributed by atoms with Gasteiger partial charge in [0.2, 0.25) is 0 Å². The number of fused-ring (bicyclic) bond motifs is 5. The fourth-order valence-corrected chi connectivity index (χ4v) is 3.57. The molecule has 2 atom stereocenters. The third-order valence-electron chi connectivity index (χ3n) is 3.23. The van der Waals surface area contributed by atoms with Crippen molar-refractivity contribution in [1.29, 1.82) is 0 Å². The van der Waals surface area contributed by atoms with Crippen LogP contribution in [0.5, 0.6) is 0 Å². The van der Waals surface area contributed by atoms with Gasteiger partial charge in [0.1, 0.15) is 5.78 Å². The zero-order valence-electron chi connectivity index (χ0n) is 7.09. The van der Waals surface area contributed by atoms with Gasteiger partial charge in [0.25, 0.3) is 0 Å². The van der Waals surface area contributed by atoms with Crippen LogP contribution in [0.25, 0.3) is 0 Å². The average Bonchev–Trinajstić information content (AvgIpc) is 2.62. The molecule has 13 heavy (non-hydrogen) atoms. The molecule has 0 N–H and O–H groups in total. The molecule has 0 saturated heterocycles. The highest BCUT2D eigenvalue weighted by Gasteiger charge is 2.43. The topological polar surface area (TPSA) is 17.1 Å². The second-order valence-electron chi connectivity index (χ2n) is 3.90. The van der Waals surface area contributed by atoms with Gasteiger partial charge in [0.15, 0.2) is 0 Å². The smallest absolute Gasteiger partial charge is 0.141 e. The summed E-state index contributed by atoms with van der Waals surface area (Å²) in [7, 11) is 0. The monoisotopic (exact) mass is 284 g/mol. The zero-order chi connectivity index (χ0) is 9.00. The number of hydrogen-bond donors (Lipinski definition) is 0. The predicted octanol–water partition coefficient (Wildman–Crippen LogP) is 2.83. The lowest BCUT2D eigenvalue weighted by Crippen LogP contribution is -2.10. The van der Waals surface area contributed by atoms with Crippen LogP contribution in [0.15, 0.2) is 18.2 Å². The average molecular weight is 284 g/mol. The van der Waals surface area contributed by atoms with Crippen LogP contribution in [0.1, 0.15) is 35.8 Å². The van der Waals surface area contributed by atoms with Crippen LogP contribution in [0.3, 0.4) is 0 Å². The molecule has 0 amide bonds. The van der Waals surface area contributed by atoms with Crippen LogP contribution in [0, 0.1) is 3.57 Å². The van der Waals surface area contributed by atoms with Crippen LogP contribution in [-0.2, 0) is 4.79 Å². The van der Waals surface area contributed by atoms with Gasteiger partial charge < -0.3 is 0 Å². The minimum atomic E-state index is 0.244. The van der Waals surface area contributed by atoms with Gasteiger partial charge in [-0.25, -0.2) is 0 Å². The summed E-state index contributed by atoms with van der Waals surface area (Å²) in [5, 5.41) is 0. The van der Waals surface area contributed by atoms with Gasteiger partial charge in [-0.1, -0.05) is 12.1 Å². The molecule has 2 aliphatic carbocycles. The summed E-state index contributed by atoms with van der Waals surface area (Å²) in [5.74, 6) is 1.25. The Hall–Kier alpha value is -0.380. The second-order valence-corrected chi connectivity index (χ2v) is 5.06. The number of benzene rings is 1. The quantitative estimate of drug-likeness (QED) is 0.669. The van der Waals surface area contributed by atoms with E-state index in [9.17, 15) is 4.79 Å². The van der Waals surface area contributed by atoms with Crippen LogP contribution in [0.4, 0.5) is 0 Å². The van der Waals surface area contributed by atoms with E-state index in [-0.39, 0.29) is 5.92 Å². The van der Waals surface area contributed by atoms with Crippen LogP contribution in [0.2, 0.25) is 0 Å². The molecular formula is C11H9IO. The normalized spacial score (nSPS) is 29.5. The van der Waals surface area contributed by atoms with Gasteiger partial charge in [-0.3, -0.25) is 4.79 Å². The second kappa shape index (κ2) is 2.56. The first-order chi connectivity index (χ1) is 6.27. The first kappa shape index (κ1) is 7.97. The Morgan fingerprint density at radius 1 is 1.38 bits per heavy atom. The Bertz CT molecular complexity index is 397. The van der Waals surface area contributed by atoms with Gasteiger partial charge in [-0.05, 0) is 52.1 Å². The molecule has 0 radical (unpaired) electrons. The molecule has 2 aliphatic rings. The van der Waals surface area contributed by atoms with Crippen molar-refractivity contribution in [3.8, 4) is 0 Å². The number of carbonyl (C=O) groups is 1. The summed E-state index contributed by atoms with van der Waals surface area (Å²) in [4.78, 5) is 11.5. The van der Waals surface area contributed by atoms with E-state index in [1.165, 1.54) is 14.7 Å². The summed E-state index contributed by atoms with van der Waals surface area (Å²) < 4.78 is 1.27. The van der Waals surface area contributed by atoms with E-state index < -0.39 is 0 Å². The highest BCUT2D eigenvalue weighted by Crippen LogP contribution is 2.52. The summed E-state index contributed by atoms with van der Waals surface area (Å²) in [6.45, 7) is 0. The molecule has 0 heterocycles. The van der Waals surface area contributed by atoms with Gasteiger partial charge >= 0.3 is 0 Å². The van der Waals surface area contributed by atoms with E-state index in [0.717, 1.165) is 12.8 Å². The van der Waals surface area contributed by atoms with Crippen molar-refractivity contribution in [1.82, 2.24) is 0 Å². The molecule has 2 bridgehead atoms. The number of ketones is 1. The zero-order valence-corrected chi connectivity index (χ0v) is 9.24. The lowest BCUT2D eigenvalue weighted by Gasteiger charge is -2.15.